The summed E-state index contributed by atoms with van der Waals surface area (Å²) in [7, 11) is 3.41. The molecular formula is C34H52O5. The number of hydrogen-bond donors (Lipinski definition) is 0. The van der Waals surface area contributed by atoms with Gasteiger partial charge in [-0.1, -0.05) is 44.1 Å². The van der Waals surface area contributed by atoms with Crippen LogP contribution in [0, 0.1) is 23.2 Å². The van der Waals surface area contributed by atoms with Gasteiger partial charge in [-0.25, -0.2) is 0 Å². The molecule has 3 aliphatic rings. The first-order valence-corrected chi connectivity index (χ1v) is 15.3. The Morgan fingerprint density at radius 3 is 2.64 bits per heavy atom. The largest absolute Gasteiger partial charge is 0.468 e. The highest BCUT2D eigenvalue weighted by Crippen LogP contribution is 2.63. The Kier molecular flexibility index (Phi) is 11.5. The minimum absolute atomic E-state index is 0.252. The molecule has 0 aliphatic heterocycles. The highest BCUT2D eigenvalue weighted by Gasteiger charge is 2.57. The SMILES string of the molecule is CC=CC(=CC)COCCCCCC1Cc2cc(OCOC)ccc2C2CCC3(C)C(OCOC)CCC3C12. The molecule has 4 rings (SSSR count). The number of methoxy groups -OCH3 is 2. The van der Waals surface area contributed by atoms with Crippen molar-refractivity contribution in [3.63, 3.8) is 0 Å². The molecule has 0 heterocycles. The molecule has 6 atom stereocenters. The van der Waals surface area contributed by atoms with E-state index in [9.17, 15) is 0 Å². The molecule has 0 bridgehead atoms. The summed E-state index contributed by atoms with van der Waals surface area (Å²) in [5.41, 5.74) is 4.57. The highest BCUT2D eigenvalue weighted by atomic mass is 16.7. The lowest BCUT2D eigenvalue weighted by Crippen LogP contribution is -2.47. The van der Waals surface area contributed by atoms with Crippen LogP contribution in [-0.4, -0.2) is 47.1 Å². The van der Waals surface area contributed by atoms with Gasteiger partial charge in [0.05, 0.1) is 12.7 Å². The first-order valence-electron chi connectivity index (χ1n) is 15.3. The van der Waals surface area contributed by atoms with Gasteiger partial charge >= 0.3 is 0 Å². The van der Waals surface area contributed by atoms with E-state index in [0.717, 1.165) is 43.5 Å². The molecule has 0 amide bonds. The van der Waals surface area contributed by atoms with Crippen LogP contribution in [0.15, 0.2) is 42.0 Å². The summed E-state index contributed by atoms with van der Waals surface area (Å²) in [6.45, 7) is 8.90. The van der Waals surface area contributed by atoms with Gasteiger partial charge in [0.2, 0.25) is 0 Å². The van der Waals surface area contributed by atoms with Crippen LogP contribution < -0.4 is 4.74 Å². The molecule has 1 aromatic rings. The smallest absolute Gasteiger partial charge is 0.188 e. The second-order valence-electron chi connectivity index (χ2n) is 12.1. The molecule has 0 N–H and O–H groups in total. The van der Waals surface area contributed by atoms with Crippen molar-refractivity contribution in [3.05, 3.63) is 53.1 Å². The molecule has 1 aromatic carbocycles. The van der Waals surface area contributed by atoms with E-state index in [0.29, 0.717) is 38.1 Å². The maximum atomic E-state index is 6.27. The summed E-state index contributed by atoms with van der Waals surface area (Å²) in [6, 6.07) is 6.80. The van der Waals surface area contributed by atoms with Crippen molar-refractivity contribution in [2.24, 2.45) is 23.2 Å². The van der Waals surface area contributed by atoms with E-state index in [1.807, 2.05) is 0 Å². The fraction of sp³-hybridized carbons (Fsp3) is 0.706. The molecule has 0 radical (unpaired) electrons. The second-order valence-corrected chi connectivity index (χ2v) is 12.1. The predicted molar refractivity (Wildman–Crippen MR) is 157 cm³/mol. The first kappa shape index (κ1) is 30.3. The maximum absolute atomic E-state index is 6.27. The fourth-order valence-corrected chi connectivity index (χ4v) is 8.06. The van der Waals surface area contributed by atoms with Gasteiger partial charge in [0.15, 0.2) is 6.79 Å². The lowest BCUT2D eigenvalue weighted by atomic mass is 9.52. The topological polar surface area (TPSA) is 46.2 Å². The molecule has 5 heteroatoms. The highest BCUT2D eigenvalue weighted by molar-refractivity contribution is 5.41. The van der Waals surface area contributed by atoms with Gasteiger partial charge in [0.1, 0.15) is 12.5 Å². The minimum atomic E-state index is 0.252. The third-order valence-electron chi connectivity index (χ3n) is 9.90. The van der Waals surface area contributed by atoms with Crippen molar-refractivity contribution in [1.29, 1.82) is 0 Å². The van der Waals surface area contributed by atoms with Crippen molar-refractivity contribution >= 4 is 0 Å². The molecule has 6 unspecified atom stereocenters. The van der Waals surface area contributed by atoms with Crippen LogP contribution in [0.5, 0.6) is 5.75 Å². The summed E-state index contributed by atoms with van der Waals surface area (Å²) in [4.78, 5) is 0. The van der Waals surface area contributed by atoms with E-state index in [2.05, 4.69) is 57.2 Å². The number of fused-ring (bicyclic) bond motifs is 5. The van der Waals surface area contributed by atoms with Gasteiger partial charge in [-0.3, -0.25) is 0 Å². The number of rotatable bonds is 15. The Labute approximate surface area is 237 Å². The van der Waals surface area contributed by atoms with Crippen LogP contribution in [-0.2, 0) is 25.4 Å². The normalized spacial score (nSPS) is 30.3. The van der Waals surface area contributed by atoms with E-state index in [4.69, 9.17) is 23.7 Å². The van der Waals surface area contributed by atoms with Gasteiger partial charge in [0.25, 0.3) is 0 Å². The van der Waals surface area contributed by atoms with Gasteiger partial charge in [-0.2, -0.15) is 0 Å². The minimum Gasteiger partial charge on any atom is -0.468 e. The van der Waals surface area contributed by atoms with E-state index in [1.165, 1.54) is 49.7 Å². The first-order chi connectivity index (χ1) is 19.0. The van der Waals surface area contributed by atoms with Crippen LogP contribution in [0.1, 0.15) is 89.2 Å². The number of ether oxygens (including phenoxy) is 5. The van der Waals surface area contributed by atoms with Gasteiger partial charge in [0, 0.05) is 20.8 Å². The van der Waals surface area contributed by atoms with Crippen LogP contribution in [0.3, 0.4) is 0 Å². The summed E-state index contributed by atoms with van der Waals surface area (Å²) in [6.07, 6.45) is 17.7. The van der Waals surface area contributed by atoms with Crippen molar-refractivity contribution in [2.45, 2.75) is 90.6 Å². The standard InChI is InChI=1S/C34H52O5/c1-6-11-25(7-2)22-37-19-10-8-9-12-26-20-27-21-28(38-23-35-4)13-14-29(27)30-17-18-34(3)31(33(26)30)15-16-32(34)39-24-36-5/h6-7,11,13-14,21,26,30-33H,8-10,12,15-20,22-24H2,1-5H3. The Balaban J connectivity index is 1.43. The summed E-state index contributed by atoms with van der Waals surface area (Å²) >= 11 is 0. The van der Waals surface area contributed by atoms with Crippen LogP contribution in [0.4, 0.5) is 0 Å². The third kappa shape index (κ3) is 7.16. The number of benzene rings is 1. The summed E-state index contributed by atoms with van der Waals surface area (Å²) in [5, 5.41) is 0. The average molecular weight is 541 g/mol. The molecule has 39 heavy (non-hydrogen) atoms. The number of unbranched alkanes of at least 4 members (excludes halogenated alkanes) is 2. The van der Waals surface area contributed by atoms with Crippen LogP contribution >= 0.6 is 0 Å². The monoisotopic (exact) mass is 540 g/mol. The lowest BCUT2D eigenvalue weighted by molar-refractivity contribution is -0.128. The molecule has 3 aliphatic carbocycles. The van der Waals surface area contributed by atoms with Crippen molar-refractivity contribution in [3.8, 4) is 5.75 Å². The van der Waals surface area contributed by atoms with Gasteiger partial charge < -0.3 is 23.7 Å². The zero-order valence-electron chi connectivity index (χ0n) is 25.1. The van der Waals surface area contributed by atoms with Crippen molar-refractivity contribution < 1.29 is 23.7 Å². The molecule has 2 saturated carbocycles. The van der Waals surface area contributed by atoms with Crippen molar-refractivity contribution in [1.82, 2.24) is 0 Å². The van der Waals surface area contributed by atoms with E-state index < -0.39 is 0 Å². The third-order valence-corrected chi connectivity index (χ3v) is 9.90. The van der Waals surface area contributed by atoms with Gasteiger partial charge in [-0.05, 0) is 117 Å². The van der Waals surface area contributed by atoms with Crippen molar-refractivity contribution in [2.75, 3.05) is 41.0 Å². The van der Waals surface area contributed by atoms with Crippen LogP contribution in [0.25, 0.3) is 0 Å². The predicted octanol–water partition coefficient (Wildman–Crippen LogP) is 7.84. The Morgan fingerprint density at radius 1 is 1.03 bits per heavy atom. The molecule has 5 nitrogen and oxygen atoms in total. The zero-order chi connectivity index (χ0) is 27.7. The molecule has 0 aromatic heterocycles. The number of hydrogen-bond acceptors (Lipinski definition) is 5. The second kappa shape index (κ2) is 14.8. The van der Waals surface area contributed by atoms with Crippen LogP contribution in [0.2, 0.25) is 0 Å². The maximum Gasteiger partial charge on any atom is 0.188 e. The van der Waals surface area contributed by atoms with E-state index in [-0.39, 0.29) is 5.41 Å². The molecule has 0 saturated heterocycles. The van der Waals surface area contributed by atoms with Gasteiger partial charge in [-0.15, -0.1) is 0 Å². The average Bonchev–Trinajstić information content (AvgIpc) is 3.29. The summed E-state index contributed by atoms with van der Waals surface area (Å²) < 4.78 is 28.5. The summed E-state index contributed by atoms with van der Waals surface area (Å²) in [5.74, 6) is 3.72. The fourth-order valence-electron chi connectivity index (χ4n) is 8.06. The molecule has 218 valence electrons. The zero-order valence-corrected chi connectivity index (χ0v) is 25.1. The Morgan fingerprint density at radius 2 is 1.87 bits per heavy atom. The Hall–Kier alpha value is -1.66. The number of allylic oxidation sites excluding steroid dienone is 2. The quantitative estimate of drug-likeness (QED) is 0.129. The molecule has 2 fully saturated rings. The Bertz CT molecular complexity index is 955. The van der Waals surface area contributed by atoms with E-state index >= 15 is 0 Å². The molecular weight excluding hydrogens is 488 g/mol. The lowest BCUT2D eigenvalue weighted by Gasteiger charge is -2.53. The van der Waals surface area contributed by atoms with E-state index in [1.54, 1.807) is 19.8 Å². The molecule has 0 spiro atoms.